The molecule has 0 saturated heterocycles. The summed E-state index contributed by atoms with van der Waals surface area (Å²) < 4.78 is 1.05. The molecule has 0 aromatic heterocycles. The van der Waals surface area contributed by atoms with Crippen LogP contribution in [0, 0.1) is 6.92 Å². The van der Waals surface area contributed by atoms with Gasteiger partial charge < -0.3 is 10.6 Å². The summed E-state index contributed by atoms with van der Waals surface area (Å²) in [4.78, 5) is 11.7. The summed E-state index contributed by atoms with van der Waals surface area (Å²) in [5.41, 5.74) is 2.13. The number of amides is 1. The summed E-state index contributed by atoms with van der Waals surface area (Å²) in [6, 6.07) is 5.75. The molecule has 1 rings (SSSR count). The minimum atomic E-state index is -0.226. The topological polar surface area (TPSA) is 41.1 Å². The normalized spacial score (nSPS) is 12.0. The van der Waals surface area contributed by atoms with E-state index in [0.29, 0.717) is 0 Å². The van der Waals surface area contributed by atoms with E-state index < -0.39 is 0 Å². The number of anilines is 1. The van der Waals surface area contributed by atoms with E-state index in [-0.39, 0.29) is 11.9 Å². The van der Waals surface area contributed by atoms with Crippen LogP contribution in [0.1, 0.15) is 25.8 Å². The van der Waals surface area contributed by atoms with Crippen LogP contribution < -0.4 is 10.6 Å². The Bertz CT molecular complexity index is 393. The summed E-state index contributed by atoms with van der Waals surface area (Å²) in [7, 11) is 0. The number of carbonyl (C=O) groups is 1. The summed E-state index contributed by atoms with van der Waals surface area (Å²) in [5.74, 6) is 0.0311. The molecule has 0 aliphatic carbocycles. The Kier molecular flexibility index (Phi) is 5.48. The highest BCUT2D eigenvalue weighted by molar-refractivity contribution is 9.10. The van der Waals surface area contributed by atoms with Gasteiger partial charge in [-0.15, -0.1) is 0 Å². The summed E-state index contributed by atoms with van der Waals surface area (Å²) in [6.07, 6.45) is 0.953. The van der Waals surface area contributed by atoms with Crippen molar-refractivity contribution in [3.05, 3.63) is 28.2 Å². The van der Waals surface area contributed by atoms with Crippen LogP contribution in [0.25, 0.3) is 0 Å². The Balaban J connectivity index is 2.58. The van der Waals surface area contributed by atoms with Gasteiger partial charge in [-0.25, -0.2) is 0 Å². The first kappa shape index (κ1) is 14.0. The molecule has 1 aromatic carbocycles. The molecule has 0 spiro atoms. The van der Waals surface area contributed by atoms with Crippen molar-refractivity contribution < 1.29 is 4.79 Å². The van der Waals surface area contributed by atoms with Crippen LogP contribution in [0.3, 0.4) is 0 Å². The first-order chi connectivity index (χ1) is 8.04. The van der Waals surface area contributed by atoms with Gasteiger partial charge in [-0.3, -0.25) is 4.79 Å². The van der Waals surface area contributed by atoms with Gasteiger partial charge in [-0.05, 0) is 38.0 Å². The summed E-state index contributed by atoms with van der Waals surface area (Å²) in [6.45, 7) is 6.65. The predicted molar refractivity (Wildman–Crippen MR) is 75.3 cm³/mol. The highest BCUT2D eigenvalue weighted by Crippen LogP contribution is 2.21. The summed E-state index contributed by atoms with van der Waals surface area (Å²) >= 11 is 3.47. The smallest absolute Gasteiger partial charge is 0.242 e. The first-order valence-corrected chi connectivity index (χ1v) is 6.64. The van der Waals surface area contributed by atoms with E-state index in [1.54, 1.807) is 0 Å². The lowest BCUT2D eigenvalue weighted by Gasteiger charge is -2.15. The van der Waals surface area contributed by atoms with E-state index >= 15 is 0 Å². The van der Waals surface area contributed by atoms with Crippen LogP contribution in [-0.2, 0) is 4.79 Å². The largest absolute Gasteiger partial charge is 0.374 e. The molecule has 1 amide bonds. The second-order valence-electron chi connectivity index (χ2n) is 4.12. The van der Waals surface area contributed by atoms with Gasteiger partial charge in [0.1, 0.15) is 6.04 Å². The van der Waals surface area contributed by atoms with Crippen molar-refractivity contribution in [2.45, 2.75) is 33.2 Å². The molecule has 17 heavy (non-hydrogen) atoms. The number of rotatable bonds is 5. The molecule has 4 heteroatoms. The van der Waals surface area contributed by atoms with E-state index in [2.05, 4.69) is 26.6 Å². The van der Waals surface area contributed by atoms with Gasteiger partial charge in [0.05, 0.1) is 0 Å². The molecule has 2 N–H and O–H groups in total. The van der Waals surface area contributed by atoms with Gasteiger partial charge in [0.25, 0.3) is 0 Å². The molecule has 0 fully saturated rings. The maximum atomic E-state index is 11.7. The fourth-order valence-electron chi connectivity index (χ4n) is 1.40. The van der Waals surface area contributed by atoms with Crippen LogP contribution in [0.4, 0.5) is 5.69 Å². The van der Waals surface area contributed by atoms with E-state index in [1.165, 1.54) is 5.56 Å². The molecule has 1 aromatic rings. The fraction of sp³-hybridized carbons (Fsp3) is 0.462. The van der Waals surface area contributed by atoms with Crippen LogP contribution in [0.2, 0.25) is 0 Å². The Hall–Kier alpha value is -1.03. The molecular formula is C13H19BrN2O. The van der Waals surface area contributed by atoms with Crippen molar-refractivity contribution in [1.29, 1.82) is 0 Å². The van der Waals surface area contributed by atoms with Crippen molar-refractivity contribution in [2.24, 2.45) is 0 Å². The summed E-state index contributed by atoms with van der Waals surface area (Å²) in [5, 5.41) is 6.04. The van der Waals surface area contributed by atoms with Crippen molar-refractivity contribution >= 4 is 27.5 Å². The van der Waals surface area contributed by atoms with E-state index in [0.717, 1.165) is 23.1 Å². The van der Waals surface area contributed by atoms with Crippen molar-refractivity contribution in [3.8, 4) is 0 Å². The fourth-order valence-corrected chi connectivity index (χ4v) is 1.78. The average molecular weight is 299 g/mol. The number of nitrogens with one attached hydrogen (secondary N) is 2. The van der Waals surface area contributed by atoms with Gasteiger partial charge in [0.2, 0.25) is 5.91 Å². The molecule has 0 aliphatic rings. The number of hydrogen-bond donors (Lipinski definition) is 2. The first-order valence-electron chi connectivity index (χ1n) is 5.85. The zero-order chi connectivity index (χ0) is 12.8. The predicted octanol–water partition coefficient (Wildman–Crippen LogP) is 3.08. The Labute approximate surface area is 111 Å². The number of carbonyl (C=O) groups excluding carboxylic acids is 1. The molecule has 94 valence electrons. The SMILES string of the molecule is CCCNC(=O)C(C)Nc1ccc(C)c(Br)c1. The third-order valence-electron chi connectivity index (χ3n) is 2.50. The second-order valence-corrected chi connectivity index (χ2v) is 4.98. The van der Waals surface area contributed by atoms with Crippen LogP contribution >= 0.6 is 15.9 Å². The number of hydrogen-bond acceptors (Lipinski definition) is 2. The zero-order valence-electron chi connectivity index (χ0n) is 10.5. The van der Waals surface area contributed by atoms with Gasteiger partial charge >= 0.3 is 0 Å². The zero-order valence-corrected chi connectivity index (χ0v) is 12.1. The molecule has 1 unspecified atom stereocenters. The maximum Gasteiger partial charge on any atom is 0.242 e. The van der Waals surface area contributed by atoms with Gasteiger partial charge in [-0.2, -0.15) is 0 Å². The maximum absolute atomic E-state index is 11.7. The Morgan fingerprint density at radius 1 is 1.47 bits per heavy atom. The number of benzene rings is 1. The van der Waals surface area contributed by atoms with Gasteiger partial charge in [0.15, 0.2) is 0 Å². The highest BCUT2D eigenvalue weighted by Gasteiger charge is 2.11. The van der Waals surface area contributed by atoms with E-state index in [1.807, 2.05) is 39.0 Å². The lowest BCUT2D eigenvalue weighted by Crippen LogP contribution is -2.37. The molecule has 0 aliphatic heterocycles. The molecule has 1 atom stereocenters. The number of halogens is 1. The third-order valence-corrected chi connectivity index (χ3v) is 3.35. The molecule has 0 bridgehead atoms. The average Bonchev–Trinajstić information content (AvgIpc) is 2.30. The Morgan fingerprint density at radius 3 is 2.76 bits per heavy atom. The quantitative estimate of drug-likeness (QED) is 0.877. The molecule has 0 heterocycles. The lowest BCUT2D eigenvalue weighted by molar-refractivity contribution is -0.121. The lowest BCUT2D eigenvalue weighted by atomic mass is 10.2. The number of aryl methyl sites for hydroxylation is 1. The van der Waals surface area contributed by atoms with E-state index in [9.17, 15) is 4.79 Å². The van der Waals surface area contributed by atoms with Crippen molar-refractivity contribution in [3.63, 3.8) is 0 Å². The Morgan fingerprint density at radius 2 is 2.18 bits per heavy atom. The van der Waals surface area contributed by atoms with Crippen molar-refractivity contribution in [2.75, 3.05) is 11.9 Å². The third kappa shape index (κ3) is 4.38. The standard InChI is InChI=1S/C13H19BrN2O/c1-4-7-15-13(17)10(3)16-11-6-5-9(2)12(14)8-11/h5-6,8,10,16H,4,7H2,1-3H3,(H,15,17). The molecule has 0 radical (unpaired) electrons. The van der Waals surface area contributed by atoms with Gasteiger partial charge in [-0.1, -0.05) is 28.9 Å². The van der Waals surface area contributed by atoms with Crippen LogP contribution in [0.15, 0.2) is 22.7 Å². The highest BCUT2D eigenvalue weighted by atomic mass is 79.9. The van der Waals surface area contributed by atoms with Crippen LogP contribution in [0.5, 0.6) is 0 Å². The molecular weight excluding hydrogens is 280 g/mol. The monoisotopic (exact) mass is 298 g/mol. The molecule has 0 saturated carbocycles. The van der Waals surface area contributed by atoms with Crippen molar-refractivity contribution in [1.82, 2.24) is 5.32 Å². The minimum absolute atomic E-state index is 0.0311. The van der Waals surface area contributed by atoms with Crippen LogP contribution in [-0.4, -0.2) is 18.5 Å². The van der Waals surface area contributed by atoms with Gasteiger partial charge in [0, 0.05) is 16.7 Å². The second kappa shape index (κ2) is 6.64. The molecule has 3 nitrogen and oxygen atoms in total. The van der Waals surface area contributed by atoms with E-state index in [4.69, 9.17) is 0 Å². The minimum Gasteiger partial charge on any atom is -0.374 e.